The van der Waals surface area contributed by atoms with Gasteiger partial charge in [-0.1, -0.05) is 0 Å². The van der Waals surface area contributed by atoms with Crippen LogP contribution < -0.4 is 20.3 Å². The van der Waals surface area contributed by atoms with Gasteiger partial charge in [-0.3, -0.25) is 9.36 Å². The molecule has 108 valence electrons. The Bertz CT molecular complexity index is 679. The van der Waals surface area contributed by atoms with Crippen LogP contribution in [0.5, 0.6) is 11.5 Å². The van der Waals surface area contributed by atoms with Crippen LogP contribution in [-0.4, -0.2) is 37.4 Å². The van der Waals surface area contributed by atoms with Crippen LogP contribution in [0, 0.1) is 6.92 Å². The van der Waals surface area contributed by atoms with Crippen LogP contribution in [0.4, 0.5) is 0 Å². The molecule has 2 aromatic rings. The van der Waals surface area contributed by atoms with Crippen molar-refractivity contribution in [3.8, 4) is 11.5 Å². The zero-order valence-electron chi connectivity index (χ0n) is 12.2. The maximum absolute atomic E-state index is 12.5. The molecule has 0 spiro atoms. The second-order valence-corrected chi connectivity index (χ2v) is 4.44. The minimum absolute atomic E-state index is 0.0660. The van der Waals surface area contributed by atoms with Crippen LogP contribution in [0.2, 0.25) is 0 Å². The first-order chi connectivity index (χ1) is 9.62. The number of aromatic nitrogens is 2. The first-order valence-electron chi connectivity index (χ1n) is 6.40. The van der Waals surface area contributed by atoms with Gasteiger partial charge in [0.05, 0.1) is 25.1 Å². The van der Waals surface area contributed by atoms with Gasteiger partial charge in [0.15, 0.2) is 11.5 Å². The third-order valence-corrected chi connectivity index (χ3v) is 3.24. The Kier molecular flexibility index (Phi) is 4.24. The van der Waals surface area contributed by atoms with E-state index in [1.54, 1.807) is 30.9 Å². The summed E-state index contributed by atoms with van der Waals surface area (Å²) in [6, 6.07) is 3.41. The summed E-state index contributed by atoms with van der Waals surface area (Å²) in [7, 11) is 4.96. The SMILES string of the molecule is CNCCn1c(C)nc2cc(OC)c(OC)cc2c1=O. The molecule has 1 heterocycles. The molecule has 0 unspecified atom stereocenters. The van der Waals surface area contributed by atoms with Gasteiger partial charge in [0, 0.05) is 19.2 Å². The zero-order valence-corrected chi connectivity index (χ0v) is 12.2. The first-order valence-corrected chi connectivity index (χ1v) is 6.40. The number of ether oxygens (including phenoxy) is 2. The molecule has 0 bridgehead atoms. The second kappa shape index (κ2) is 5.92. The fourth-order valence-electron chi connectivity index (χ4n) is 2.15. The fourth-order valence-corrected chi connectivity index (χ4v) is 2.15. The van der Waals surface area contributed by atoms with Crippen LogP contribution in [0.25, 0.3) is 10.9 Å². The molecule has 1 N–H and O–H groups in total. The van der Waals surface area contributed by atoms with Crippen LogP contribution >= 0.6 is 0 Å². The molecule has 0 amide bonds. The summed E-state index contributed by atoms with van der Waals surface area (Å²) in [5.41, 5.74) is 0.551. The lowest BCUT2D eigenvalue weighted by Gasteiger charge is -2.13. The van der Waals surface area contributed by atoms with Gasteiger partial charge in [-0.2, -0.15) is 0 Å². The molecule has 0 aliphatic rings. The third-order valence-electron chi connectivity index (χ3n) is 3.24. The number of likely N-dealkylation sites (N-methyl/N-ethyl adjacent to an activating group) is 1. The Morgan fingerprint density at radius 3 is 2.50 bits per heavy atom. The molecule has 0 fully saturated rings. The number of benzene rings is 1. The van der Waals surface area contributed by atoms with Crippen molar-refractivity contribution in [1.82, 2.24) is 14.9 Å². The lowest BCUT2D eigenvalue weighted by molar-refractivity contribution is 0.355. The van der Waals surface area contributed by atoms with Crippen LogP contribution in [-0.2, 0) is 6.54 Å². The van der Waals surface area contributed by atoms with Gasteiger partial charge in [-0.05, 0) is 20.0 Å². The molecule has 0 radical (unpaired) electrons. The fraction of sp³-hybridized carbons (Fsp3) is 0.429. The van der Waals surface area contributed by atoms with Crippen molar-refractivity contribution < 1.29 is 9.47 Å². The largest absolute Gasteiger partial charge is 0.493 e. The summed E-state index contributed by atoms with van der Waals surface area (Å²) in [5, 5.41) is 3.56. The van der Waals surface area contributed by atoms with E-state index in [0.717, 1.165) is 0 Å². The topological polar surface area (TPSA) is 65.4 Å². The molecule has 0 saturated carbocycles. The molecule has 6 nitrogen and oxygen atoms in total. The Morgan fingerprint density at radius 2 is 1.90 bits per heavy atom. The van der Waals surface area contributed by atoms with Crippen LogP contribution in [0.3, 0.4) is 0 Å². The summed E-state index contributed by atoms with van der Waals surface area (Å²) in [6.45, 7) is 3.12. The normalized spacial score (nSPS) is 10.8. The lowest BCUT2D eigenvalue weighted by atomic mass is 10.2. The highest BCUT2D eigenvalue weighted by atomic mass is 16.5. The number of nitrogens with one attached hydrogen (secondary N) is 1. The highest BCUT2D eigenvalue weighted by molar-refractivity contribution is 5.81. The van der Waals surface area contributed by atoms with Crippen molar-refractivity contribution in [2.75, 3.05) is 27.8 Å². The predicted molar refractivity (Wildman–Crippen MR) is 77.8 cm³/mol. The predicted octanol–water partition coefficient (Wildman–Crippen LogP) is 0.942. The number of aryl methyl sites for hydroxylation is 1. The first kappa shape index (κ1) is 14.3. The molecule has 2 rings (SSSR count). The van der Waals surface area contributed by atoms with E-state index in [1.165, 1.54) is 0 Å². The number of rotatable bonds is 5. The molecular formula is C14H19N3O3. The Hall–Kier alpha value is -2.08. The molecule has 0 atom stereocenters. The van der Waals surface area contributed by atoms with Crippen molar-refractivity contribution in [3.63, 3.8) is 0 Å². The molecule has 1 aromatic heterocycles. The number of methoxy groups -OCH3 is 2. The highest BCUT2D eigenvalue weighted by Gasteiger charge is 2.12. The maximum Gasteiger partial charge on any atom is 0.261 e. The smallest absolute Gasteiger partial charge is 0.261 e. The summed E-state index contributed by atoms with van der Waals surface area (Å²) >= 11 is 0. The average Bonchev–Trinajstić information content (AvgIpc) is 2.46. The highest BCUT2D eigenvalue weighted by Crippen LogP contribution is 2.30. The molecule has 20 heavy (non-hydrogen) atoms. The number of hydrogen-bond acceptors (Lipinski definition) is 5. The van der Waals surface area contributed by atoms with E-state index in [-0.39, 0.29) is 5.56 Å². The van der Waals surface area contributed by atoms with E-state index in [9.17, 15) is 4.79 Å². The van der Waals surface area contributed by atoms with Crippen molar-refractivity contribution in [2.45, 2.75) is 13.5 Å². The lowest BCUT2D eigenvalue weighted by Crippen LogP contribution is -2.28. The number of fused-ring (bicyclic) bond motifs is 1. The van der Waals surface area contributed by atoms with Crippen molar-refractivity contribution in [1.29, 1.82) is 0 Å². The second-order valence-electron chi connectivity index (χ2n) is 4.44. The van der Waals surface area contributed by atoms with Gasteiger partial charge in [0.2, 0.25) is 0 Å². The van der Waals surface area contributed by atoms with E-state index < -0.39 is 0 Å². The molecule has 0 aliphatic carbocycles. The molecular weight excluding hydrogens is 258 g/mol. The van der Waals surface area contributed by atoms with E-state index in [4.69, 9.17) is 9.47 Å². The molecule has 0 saturated heterocycles. The Balaban J connectivity index is 2.68. The summed E-state index contributed by atoms with van der Waals surface area (Å²) < 4.78 is 12.1. The maximum atomic E-state index is 12.5. The van der Waals surface area contributed by atoms with Gasteiger partial charge >= 0.3 is 0 Å². The number of hydrogen-bond donors (Lipinski definition) is 1. The van der Waals surface area contributed by atoms with E-state index in [0.29, 0.717) is 41.3 Å². The van der Waals surface area contributed by atoms with Gasteiger partial charge in [0.1, 0.15) is 5.82 Å². The van der Waals surface area contributed by atoms with E-state index >= 15 is 0 Å². The minimum Gasteiger partial charge on any atom is -0.493 e. The third kappa shape index (κ3) is 2.46. The van der Waals surface area contributed by atoms with Gasteiger partial charge < -0.3 is 14.8 Å². The van der Waals surface area contributed by atoms with Crippen molar-refractivity contribution in [3.05, 3.63) is 28.3 Å². The van der Waals surface area contributed by atoms with Gasteiger partial charge in [0.25, 0.3) is 5.56 Å². The van der Waals surface area contributed by atoms with Crippen molar-refractivity contribution >= 4 is 10.9 Å². The Morgan fingerprint density at radius 1 is 1.25 bits per heavy atom. The van der Waals surface area contributed by atoms with Gasteiger partial charge in [-0.15, -0.1) is 0 Å². The monoisotopic (exact) mass is 277 g/mol. The van der Waals surface area contributed by atoms with Crippen LogP contribution in [0.1, 0.15) is 5.82 Å². The zero-order chi connectivity index (χ0) is 14.7. The average molecular weight is 277 g/mol. The van der Waals surface area contributed by atoms with E-state index in [1.807, 2.05) is 14.0 Å². The van der Waals surface area contributed by atoms with Crippen molar-refractivity contribution in [2.24, 2.45) is 0 Å². The number of nitrogens with zero attached hydrogens (tertiary/aromatic N) is 2. The Labute approximate surface area is 117 Å². The van der Waals surface area contributed by atoms with Crippen LogP contribution in [0.15, 0.2) is 16.9 Å². The molecule has 6 heteroatoms. The molecule has 1 aromatic carbocycles. The summed E-state index contributed by atoms with van der Waals surface area (Å²) in [4.78, 5) is 17.0. The molecule has 0 aliphatic heterocycles. The quantitative estimate of drug-likeness (QED) is 0.881. The minimum atomic E-state index is -0.0660. The standard InChI is InChI=1S/C14H19N3O3/c1-9-16-11-8-13(20-4)12(19-3)7-10(11)14(18)17(9)6-5-15-2/h7-8,15H,5-6H2,1-4H3. The summed E-state index contributed by atoms with van der Waals surface area (Å²) in [5.74, 6) is 1.78. The summed E-state index contributed by atoms with van der Waals surface area (Å²) in [6.07, 6.45) is 0. The van der Waals surface area contributed by atoms with E-state index in [2.05, 4.69) is 10.3 Å². The van der Waals surface area contributed by atoms with Gasteiger partial charge in [-0.25, -0.2) is 4.98 Å².